The fourth-order valence-electron chi connectivity index (χ4n) is 2.23. The number of fused-ring (bicyclic) bond motifs is 1. The number of rotatable bonds is 2. The second-order valence-electron chi connectivity index (χ2n) is 4.63. The molecule has 0 fully saturated rings. The highest BCUT2D eigenvalue weighted by Gasteiger charge is 2.12. The summed E-state index contributed by atoms with van der Waals surface area (Å²) in [5.41, 5.74) is 4.97. The van der Waals surface area contributed by atoms with Crippen LogP contribution in [0.5, 0.6) is 0 Å². The molecule has 96 valence electrons. The number of benzene rings is 1. The van der Waals surface area contributed by atoms with Gasteiger partial charge in [-0.25, -0.2) is 9.97 Å². The number of aryl methyl sites for hydroxylation is 2. The van der Waals surface area contributed by atoms with Gasteiger partial charge in [0.15, 0.2) is 5.65 Å². The van der Waals surface area contributed by atoms with Crippen molar-refractivity contribution >= 4 is 22.8 Å². The summed E-state index contributed by atoms with van der Waals surface area (Å²) >= 11 is 6.02. The third-order valence-electron chi connectivity index (χ3n) is 3.09. The fraction of sp³-hybridized carbons (Fsp3) is 0.200. The maximum Gasteiger partial charge on any atom is 0.164 e. The van der Waals surface area contributed by atoms with E-state index in [4.69, 9.17) is 11.6 Å². The minimum absolute atomic E-state index is 0.364. The van der Waals surface area contributed by atoms with Crippen molar-refractivity contribution in [2.75, 3.05) is 0 Å². The van der Waals surface area contributed by atoms with Crippen molar-refractivity contribution < 1.29 is 0 Å². The average Bonchev–Trinajstić information content (AvgIpc) is 2.76. The summed E-state index contributed by atoms with van der Waals surface area (Å²) < 4.78 is 2.03. The number of aromatic nitrogens is 3. The van der Waals surface area contributed by atoms with E-state index in [9.17, 15) is 0 Å². The minimum Gasteiger partial charge on any atom is -0.280 e. The van der Waals surface area contributed by atoms with Crippen LogP contribution in [0.1, 0.15) is 17.1 Å². The lowest BCUT2D eigenvalue weighted by Crippen LogP contribution is -2.00. The monoisotopic (exact) mass is 271 g/mol. The van der Waals surface area contributed by atoms with E-state index < -0.39 is 0 Å². The van der Waals surface area contributed by atoms with Crippen LogP contribution in [-0.2, 0) is 5.88 Å². The Morgan fingerprint density at radius 1 is 1.11 bits per heavy atom. The van der Waals surface area contributed by atoms with Crippen LogP contribution in [0.3, 0.4) is 0 Å². The van der Waals surface area contributed by atoms with Gasteiger partial charge in [-0.05, 0) is 43.7 Å². The summed E-state index contributed by atoms with van der Waals surface area (Å²) in [6.07, 6.45) is 0. The van der Waals surface area contributed by atoms with Gasteiger partial charge in [0.2, 0.25) is 0 Å². The van der Waals surface area contributed by atoms with Crippen LogP contribution in [0.25, 0.3) is 16.9 Å². The first-order valence-electron chi connectivity index (χ1n) is 6.17. The van der Waals surface area contributed by atoms with Gasteiger partial charge in [-0.2, -0.15) is 0 Å². The standard InChI is InChI=1S/C15H14ClN3/c1-10-4-3-5-12(8-10)19-14(9-16)18-13-7-6-11(2)17-15(13)19/h3-8H,9H2,1-2H3. The maximum atomic E-state index is 6.02. The Bertz CT molecular complexity index is 746. The van der Waals surface area contributed by atoms with Crippen LogP contribution in [0.2, 0.25) is 0 Å². The molecule has 0 N–H and O–H groups in total. The van der Waals surface area contributed by atoms with Gasteiger partial charge in [0.05, 0.1) is 5.88 Å². The second-order valence-corrected chi connectivity index (χ2v) is 4.90. The molecule has 2 heterocycles. The van der Waals surface area contributed by atoms with Gasteiger partial charge in [-0.15, -0.1) is 11.6 Å². The van der Waals surface area contributed by atoms with Crippen molar-refractivity contribution in [1.29, 1.82) is 0 Å². The van der Waals surface area contributed by atoms with Gasteiger partial charge in [-0.3, -0.25) is 4.57 Å². The number of hydrogen-bond donors (Lipinski definition) is 0. The summed E-state index contributed by atoms with van der Waals surface area (Å²) in [4.78, 5) is 9.14. The van der Waals surface area contributed by atoms with Gasteiger partial charge < -0.3 is 0 Å². The zero-order valence-electron chi connectivity index (χ0n) is 10.9. The molecule has 0 unspecified atom stereocenters. The molecule has 2 aromatic heterocycles. The Balaban J connectivity index is 2.34. The Morgan fingerprint density at radius 3 is 2.68 bits per heavy atom. The van der Waals surface area contributed by atoms with Crippen molar-refractivity contribution in [2.24, 2.45) is 0 Å². The third-order valence-corrected chi connectivity index (χ3v) is 3.33. The van der Waals surface area contributed by atoms with Crippen molar-refractivity contribution in [2.45, 2.75) is 19.7 Å². The highest BCUT2D eigenvalue weighted by atomic mass is 35.5. The molecule has 3 aromatic rings. The summed E-state index contributed by atoms with van der Waals surface area (Å²) in [7, 11) is 0. The lowest BCUT2D eigenvalue weighted by atomic mass is 10.2. The first kappa shape index (κ1) is 12.2. The van der Waals surface area contributed by atoms with E-state index in [-0.39, 0.29) is 0 Å². The summed E-state index contributed by atoms with van der Waals surface area (Å²) in [6.45, 7) is 4.05. The van der Waals surface area contributed by atoms with Gasteiger partial charge in [0, 0.05) is 11.4 Å². The molecule has 4 heteroatoms. The van der Waals surface area contributed by atoms with Gasteiger partial charge in [0.1, 0.15) is 11.3 Å². The second kappa shape index (κ2) is 4.67. The number of nitrogens with zero attached hydrogens (tertiary/aromatic N) is 3. The zero-order chi connectivity index (χ0) is 13.4. The zero-order valence-corrected chi connectivity index (χ0v) is 11.6. The van der Waals surface area contributed by atoms with E-state index in [2.05, 4.69) is 29.0 Å². The first-order valence-corrected chi connectivity index (χ1v) is 6.70. The number of hydrogen-bond acceptors (Lipinski definition) is 2. The predicted octanol–water partition coefficient (Wildman–Crippen LogP) is 3.78. The van der Waals surface area contributed by atoms with Crippen LogP contribution in [0, 0.1) is 13.8 Å². The summed E-state index contributed by atoms with van der Waals surface area (Å²) in [5, 5.41) is 0. The molecule has 0 saturated heterocycles. The highest BCUT2D eigenvalue weighted by molar-refractivity contribution is 6.16. The van der Waals surface area contributed by atoms with Crippen LogP contribution < -0.4 is 0 Å². The highest BCUT2D eigenvalue weighted by Crippen LogP contribution is 2.22. The number of alkyl halides is 1. The third kappa shape index (κ3) is 2.10. The van der Waals surface area contributed by atoms with Crippen molar-refractivity contribution in [3.63, 3.8) is 0 Å². The van der Waals surface area contributed by atoms with E-state index >= 15 is 0 Å². The SMILES string of the molecule is Cc1cccc(-n2c(CCl)nc3ccc(C)nc32)c1. The largest absolute Gasteiger partial charge is 0.280 e. The van der Waals surface area contributed by atoms with Crippen LogP contribution in [0.15, 0.2) is 36.4 Å². The van der Waals surface area contributed by atoms with Crippen LogP contribution in [-0.4, -0.2) is 14.5 Å². The molecule has 0 amide bonds. The molecule has 0 spiro atoms. The van der Waals surface area contributed by atoms with Gasteiger partial charge in [0.25, 0.3) is 0 Å². The van der Waals surface area contributed by atoms with Crippen LogP contribution >= 0.6 is 11.6 Å². The molecule has 0 bridgehead atoms. The van der Waals surface area contributed by atoms with Crippen molar-refractivity contribution in [1.82, 2.24) is 14.5 Å². The Morgan fingerprint density at radius 2 is 1.95 bits per heavy atom. The number of halogens is 1. The van der Waals surface area contributed by atoms with Crippen molar-refractivity contribution in [3.05, 3.63) is 53.5 Å². The molecule has 0 aliphatic heterocycles. The van der Waals surface area contributed by atoms with E-state index in [1.165, 1.54) is 5.56 Å². The molecule has 0 aliphatic rings. The molecule has 0 radical (unpaired) electrons. The number of pyridine rings is 1. The molecule has 0 aliphatic carbocycles. The first-order chi connectivity index (χ1) is 9.19. The van der Waals surface area contributed by atoms with Crippen molar-refractivity contribution in [3.8, 4) is 5.69 Å². The molecule has 19 heavy (non-hydrogen) atoms. The molecule has 3 nitrogen and oxygen atoms in total. The molecular weight excluding hydrogens is 258 g/mol. The Labute approximate surface area is 116 Å². The molecule has 1 aromatic carbocycles. The smallest absolute Gasteiger partial charge is 0.164 e. The topological polar surface area (TPSA) is 30.7 Å². The van der Waals surface area contributed by atoms with Gasteiger partial charge >= 0.3 is 0 Å². The average molecular weight is 272 g/mol. The van der Waals surface area contributed by atoms with E-state index in [1.54, 1.807) is 0 Å². The lowest BCUT2D eigenvalue weighted by molar-refractivity contribution is 0.965. The maximum absolute atomic E-state index is 6.02. The van der Waals surface area contributed by atoms with Crippen LogP contribution in [0.4, 0.5) is 0 Å². The summed E-state index contributed by atoms with van der Waals surface area (Å²) in [5.74, 6) is 1.18. The minimum atomic E-state index is 0.364. The Hall–Kier alpha value is -1.87. The normalized spacial score (nSPS) is 11.1. The van der Waals surface area contributed by atoms with E-state index in [1.807, 2.05) is 35.8 Å². The molecule has 0 atom stereocenters. The molecule has 3 rings (SSSR count). The lowest BCUT2D eigenvalue weighted by Gasteiger charge is -2.08. The van der Waals surface area contributed by atoms with E-state index in [0.29, 0.717) is 5.88 Å². The quantitative estimate of drug-likeness (QED) is 0.664. The molecule has 0 saturated carbocycles. The fourth-order valence-corrected chi connectivity index (χ4v) is 2.41. The number of imidazole rings is 1. The Kier molecular flexibility index (Phi) is 2.99. The van der Waals surface area contributed by atoms with E-state index in [0.717, 1.165) is 28.4 Å². The summed E-state index contributed by atoms with van der Waals surface area (Å²) in [6, 6.07) is 12.2. The van der Waals surface area contributed by atoms with Gasteiger partial charge in [-0.1, -0.05) is 12.1 Å². The predicted molar refractivity (Wildman–Crippen MR) is 77.9 cm³/mol. The molecular formula is C15H14ClN3.